The van der Waals surface area contributed by atoms with E-state index in [0.717, 1.165) is 0 Å². The number of pyridine rings is 1. The zero-order chi connectivity index (χ0) is 20.2. The Balaban J connectivity index is 1.58. The van der Waals surface area contributed by atoms with E-state index in [2.05, 4.69) is 15.3 Å². The SMILES string of the molecule is O=C(Cn1c(SCc2ccccc2F)nc2ccncc21)Nc1cccc(F)c1. The van der Waals surface area contributed by atoms with Gasteiger partial charge < -0.3 is 9.88 Å². The van der Waals surface area contributed by atoms with Crippen LogP contribution in [0, 0.1) is 11.6 Å². The minimum Gasteiger partial charge on any atom is -0.324 e. The second kappa shape index (κ2) is 8.40. The van der Waals surface area contributed by atoms with Crippen LogP contribution in [-0.2, 0) is 17.1 Å². The van der Waals surface area contributed by atoms with Crippen molar-refractivity contribution in [2.75, 3.05) is 5.32 Å². The fourth-order valence-corrected chi connectivity index (χ4v) is 3.88. The topological polar surface area (TPSA) is 59.8 Å². The molecule has 0 spiro atoms. The normalized spacial score (nSPS) is 11.0. The summed E-state index contributed by atoms with van der Waals surface area (Å²) in [5, 5.41) is 3.25. The molecule has 8 heteroatoms. The molecule has 146 valence electrons. The van der Waals surface area contributed by atoms with Gasteiger partial charge in [0.2, 0.25) is 5.91 Å². The molecule has 0 fully saturated rings. The first kappa shape index (κ1) is 19.1. The Morgan fingerprint density at radius 1 is 1.10 bits per heavy atom. The Hall–Kier alpha value is -3.26. The molecule has 2 aromatic heterocycles. The van der Waals surface area contributed by atoms with Crippen molar-refractivity contribution in [2.24, 2.45) is 0 Å². The van der Waals surface area contributed by atoms with Crippen molar-refractivity contribution >= 4 is 34.4 Å². The van der Waals surface area contributed by atoms with E-state index in [1.165, 1.54) is 36.0 Å². The Labute approximate surface area is 169 Å². The largest absolute Gasteiger partial charge is 0.324 e. The molecule has 0 radical (unpaired) electrons. The van der Waals surface area contributed by atoms with Gasteiger partial charge in [0.25, 0.3) is 0 Å². The molecule has 0 saturated carbocycles. The minimum absolute atomic E-state index is 0.0295. The lowest BCUT2D eigenvalue weighted by Crippen LogP contribution is -2.19. The molecule has 0 aliphatic rings. The highest BCUT2D eigenvalue weighted by molar-refractivity contribution is 7.98. The zero-order valence-corrected chi connectivity index (χ0v) is 16.0. The van der Waals surface area contributed by atoms with Crippen LogP contribution in [0.3, 0.4) is 0 Å². The lowest BCUT2D eigenvalue weighted by Gasteiger charge is -2.10. The molecule has 2 heterocycles. The summed E-state index contributed by atoms with van der Waals surface area (Å²) < 4.78 is 29.0. The number of hydrogen-bond donors (Lipinski definition) is 1. The number of carbonyl (C=O) groups excluding carboxylic acids is 1. The number of imidazole rings is 1. The van der Waals surface area contributed by atoms with Gasteiger partial charge in [0, 0.05) is 17.6 Å². The molecular weight excluding hydrogens is 394 g/mol. The van der Waals surface area contributed by atoms with E-state index < -0.39 is 5.82 Å². The molecule has 1 N–H and O–H groups in total. The fourth-order valence-electron chi connectivity index (χ4n) is 2.88. The van der Waals surface area contributed by atoms with Gasteiger partial charge in [-0.05, 0) is 35.9 Å². The number of amides is 1. The lowest BCUT2D eigenvalue weighted by atomic mass is 10.2. The average molecular weight is 410 g/mol. The van der Waals surface area contributed by atoms with Crippen LogP contribution in [0.15, 0.2) is 72.1 Å². The highest BCUT2D eigenvalue weighted by Gasteiger charge is 2.15. The first-order chi connectivity index (χ1) is 14.1. The van der Waals surface area contributed by atoms with E-state index in [-0.39, 0.29) is 18.3 Å². The Kier molecular flexibility index (Phi) is 5.53. The number of anilines is 1. The van der Waals surface area contributed by atoms with Crippen LogP contribution in [-0.4, -0.2) is 20.4 Å². The molecule has 0 aliphatic carbocycles. The predicted octanol–water partition coefficient (Wildman–Crippen LogP) is 4.64. The van der Waals surface area contributed by atoms with E-state index in [4.69, 9.17) is 0 Å². The highest BCUT2D eigenvalue weighted by atomic mass is 32.2. The minimum atomic E-state index is -0.429. The number of nitrogens with one attached hydrogen (secondary N) is 1. The van der Waals surface area contributed by atoms with Crippen LogP contribution in [0.1, 0.15) is 5.56 Å². The fraction of sp³-hybridized carbons (Fsp3) is 0.0952. The summed E-state index contributed by atoms with van der Waals surface area (Å²) in [4.78, 5) is 21.2. The third-order valence-electron chi connectivity index (χ3n) is 4.24. The number of fused-ring (bicyclic) bond motifs is 1. The van der Waals surface area contributed by atoms with E-state index >= 15 is 0 Å². The first-order valence-electron chi connectivity index (χ1n) is 8.82. The second-order valence-electron chi connectivity index (χ2n) is 6.28. The lowest BCUT2D eigenvalue weighted by molar-refractivity contribution is -0.116. The number of halogens is 2. The van der Waals surface area contributed by atoms with Gasteiger partial charge in [-0.15, -0.1) is 0 Å². The van der Waals surface area contributed by atoms with Crippen molar-refractivity contribution < 1.29 is 13.6 Å². The molecule has 0 atom stereocenters. The molecule has 29 heavy (non-hydrogen) atoms. The van der Waals surface area contributed by atoms with Crippen molar-refractivity contribution in [3.8, 4) is 0 Å². The van der Waals surface area contributed by atoms with Gasteiger partial charge in [-0.1, -0.05) is 36.0 Å². The molecule has 4 aromatic rings. The number of carbonyl (C=O) groups is 1. The Bertz CT molecular complexity index is 1180. The van der Waals surface area contributed by atoms with Crippen LogP contribution in [0.5, 0.6) is 0 Å². The van der Waals surface area contributed by atoms with Gasteiger partial charge >= 0.3 is 0 Å². The van der Waals surface area contributed by atoms with Gasteiger partial charge in [-0.25, -0.2) is 13.8 Å². The highest BCUT2D eigenvalue weighted by Crippen LogP contribution is 2.27. The van der Waals surface area contributed by atoms with E-state index in [1.54, 1.807) is 47.3 Å². The third-order valence-corrected chi connectivity index (χ3v) is 5.27. The van der Waals surface area contributed by atoms with Gasteiger partial charge in [-0.2, -0.15) is 0 Å². The average Bonchev–Trinajstić information content (AvgIpc) is 3.05. The van der Waals surface area contributed by atoms with Crippen molar-refractivity contribution in [3.63, 3.8) is 0 Å². The van der Waals surface area contributed by atoms with Crippen molar-refractivity contribution in [1.82, 2.24) is 14.5 Å². The molecule has 0 bridgehead atoms. The summed E-state index contributed by atoms with van der Waals surface area (Å²) in [5.41, 5.74) is 2.31. The predicted molar refractivity (Wildman–Crippen MR) is 109 cm³/mol. The van der Waals surface area contributed by atoms with Crippen LogP contribution < -0.4 is 5.32 Å². The summed E-state index contributed by atoms with van der Waals surface area (Å²) >= 11 is 1.33. The van der Waals surface area contributed by atoms with Crippen molar-refractivity contribution in [1.29, 1.82) is 0 Å². The summed E-state index contributed by atoms with van der Waals surface area (Å²) in [7, 11) is 0. The Morgan fingerprint density at radius 2 is 1.97 bits per heavy atom. The van der Waals surface area contributed by atoms with Crippen LogP contribution in [0.2, 0.25) is 0 Å². The monoisotopic (exact) mass is 410 g/mol. The number of nitrogens with zero attached hydrogens (tertiary/aromatic N) is 3. The number of hydrogen-bond acceptors (Lipinski definition) is 4. The summed E-state index contributed by atoms with van der Waals surface area (Å²) in [5.74, 6) is -0.671. The maximum Gasteiger partial charge on any atom is 0.244 e. The van der Waals surface area contributed by atoms with Crippen LogP contribution in [0.4, 0.5) is 14.5 Å². The summed E-state index contributed by atoms with van der Waals surface area (Å²) in [6.07, 6.45) is 3.25. The molecule has 5 nitrogen and oxygen atoms in total. The maximum absolute atomic E-state index is 13.9. The molecule has 1 amide bonds. The van der Waals surface area contributed by atoms with E-state index in [9.17, 15) is 13.6 Å². The van der Waals surface area contributed by atoms with Crippen LogP contribution in [0.25, 0.3) is 11.0 Å². The third kappa shape index (κ3) is 4.43. The molecule has 4 rings (SSSR count). The van der Waals surface area contributed by atoms with Gasteiger partial charge in [-0.3, -0.25) is 9.78 Å². The number of benzene rings is 2. The Morgan fingerprint density at radius 3 is 2.79 bits per heavy atom. The van der Waals surface area contributed by atoms with E-state index in [1.807, 2.05) is 0 Å². The first-order valence-corrected chi connectivity index (χ1v) is 9.80. The second-order valence-corrected chi connectivity index (χ2v) is 7.23. The van der Waals surface area contributed by atoms with E-state index in [0.29, 0.717) is 33.2 Å². The standard InChI is InChI=1S/C21H16F2N4OS/c22-15-5-3-6-16(10-15)25-20(28)12-27-19-11-24-9-8-18(19)26-21(27)29-13-14-4-1-2-7-17(14)23/h1-11H,12-13H2,(H,25,28). The molecule has 0 unspecified atom stereocenters. The maximum atomic E-state index is 13.9. The van der Waals surface area contributed by atoms with Gasteiger partial charge in [0.15, 0.2) is 5.16 Å². The quantitative estimate of drug-likeness (QED) is 0.471. The summed E-state index contributed by atoms with van der Waals surface area (Å²) in [6.45, 7) is -0.0295. The van der Waals surface area contributed by atoms with Crippen molar-refractivity contribution in [3.05, 3.63) is 84.2 Å². The molecular formula is C21H16F2N4OS. The number of aromatic nitrogens is 3. The number of thioether (sulfide) groups is 1. The number of rotatable bonds is 6. The van der Waals surface area contributed by atoms with Gasteiger partial charge in [0.05, 0.1) is 17.2 Å². The van der Waals surface area contributed by atoms with Crippen LogP contribution >= 0.6 is 11.8 Å². The van der Waals surface area contributed by atoms with Gasteiger partial charge in [0.1, 0.15) is 18.2 Å². The zero-order valence-electron chi connectivity index (χ0n) is 15.2. The summed E-state index contributed by atoms with van der Waals surface area (Å²) in [6, 6.07) is 14.0. The molecule has 0 saturated heterocycles. The van der Waals surface area contributed by atoms with Crippen molar-refractivity contribution in [2.45, 2.75) is 17.5 Å². The molecule has 0 aliphatic heterocycles. The smallest absolute Gasteiger partial charge is 0.244 e. The molecule has 2 aromatic carbocycles.